The molecule has 1 aliphatic heterocycles. The van der Waals surface area contributed by atoms with Crippen LogP contribution < -0.4 is 20.1 Å². The van der Waals surface area contributed by atoms with Crippen LogP contribution in [-0.4, -0.2) is 49.2 Å². The van der Waals surface area contributed by atoms with Gasteiger partial charge in [-0.15, -0.1) is 5.10 Å². The Bertz CT molecular complexity index is 998. The molecule has 0 bridgehead atoms. The molecule has 1 aliphatic rings. The van der Waals surface area contributed by atoms with Crippen molar-refractivity contribution < 1.29 is 19.1 Å². The van der Waals surface area contributed by atoms with Gasteiger partial charge in [-0.1, -0.05) is 42.1 Å². The third-order valence-electron chi connectivity index (χ3n) is 4.12. The van der Waals surface area contributed by atoms with E-state index in [1.54, 1.807) is 12.1 Å². The summed E-state index contributed by atoms with van der Waals surface area (Å²) in [5.41, 5.74) is 1.87. The van der Waals surface area contributed by atoms with E-state index in [0.717, 1.165) is 12.0 Å². The SMILES string of the molecule is COc1cc(C=NN=C2NC(=O)CS2)cc(Br)c1OCC(=O)NCCc1ccccc1. The van der Waals surface area contributed by atoms with Gasteiger partial charge in [-0.2, -0.15) is 5.10 Å². The summed E-state index contributed by atoms with van der Waals surface area (Å²) >= 11 is 4.74. The number of halogens is 1. The van der Waals surface area contributed by atoms with Crippen molar-refractivity contribution in [2.24, 2.45) is 10.2 Å². The van der Waals surface area contributed by atoms with Gasteiger partial charge < -0.3 is 20.1 Å². The highest BCUT2D eigenvalue weighted by molar-refractivity contribution is 9.10. The highest BCUT2D eigenvalue weighted by Crippen LogP contribution is 2.36. The minimum Gasteiger partial charge on any atom is -0.493 e. The number of benzene rings is 2. The van der Waals surface area contributed by atoms with Gasteiger partial charge in [0.1, 0.15) is 0 Å². The number of carbonyl (C=O) groups excluding carboxylic acids is 2. The standard InChI is InChI=1S/C21H21BrN4O4S/c1-29-17-10-15(11-24-26-21-25-19(28)13-31-21)9-16(22)20(17)30-12-18(27)23-8-7-14-5-3-2-4-6-14/h2-6,9-11H,7-8,12-13H2,1H3,(H,23,27)(H,25,26,28). The van der Waals surface area contributed by atoms with E-state index in [9.17, 15) is 9.59 Å². The van der Waals surface area contributed by atoms with E-state index in [0.29, 0.717) is 39.0 Å². The largest absolute Gasteiger partial charge is 0.493 e. The molecule has 0 atom stereocenters. The molecule has 0 spiro atoms. The molecule has 0 radical (unpaired) electrons. The number of hydrogen-bond donors (Lipinski definition) is 2. The third kappa shape index (κ3) is 7.11. The van der Waals surface area contributed by atoms with Crippen LogP contribution in [0.2, 0.25) is 0 Å². The molecule has 162 valence electrons. The van der Waals surface area contributed by atoms with Crippen molar-refractivity contribution in [3.8, 4) is 11.5 Å². The molecule has 1 saturated heterocycles. The number of methoxy groups -OCH3 is 1. The van der Waals surface area contributed by atoms with Gasteiger partial charge in [0.25, 0.3) is 5.91 Å². The number of carbonyl (C=O) groups is 2. The summed E-state index contributed by atoms with van der Waals surface area (Å²) in [6.07, 6.45) is 2.28. The van der Waals surface area contributed by atoms with Crippen LogP contribution in [0.25, 0.3) is 0 Å². The Hall–Kier alpha value is -2.85. The second kappa shape index (κ2) is 11.5. The molecule has 2 N–H and O–H groups in total. The Kier molecular flexibility index (Phi) is 8.48. The first kappa shape index (κ1) is 22.8. The van der Waals surface area contributed by atoms with E-state index in [1.165, 1.54) is 25.1 Å². The summed E-state index contributed by atoms with van der Waals surface area (Å²) in [5, 5.41) is 13.9. The maximum Gasteiger partial charge on any atom is 0.257 e. The van der Waals surface area contributed by atoms with Crippen LogP contribution in [0.3, 0.4) is 0 Å². The molecule has 2 amide bonds. The second-order valence-corrected chi connectivity index (χ2v) is 8.21. The summed E-state index contributed by atoms with van der Waals surface area (Å²) in [4.78, 5) is 23.3. The highest BCUT2D eigenvalue weighted by atomic mass is 79.9. The van der Waals surface area contributed by atoms with Crippen LogP contribution in [0, 0.1) is 0 Å². The van der Waals surface area contributed by atoms with E-state index in [-0.39, 0.29) is 18.4 Å². The van der Waals surface area contributed by atoms with Gasteiger partial charge in [0.15, 0.2) is 23.3 Å². The Morgan fingerprint density at radius 1 is 1.32 bits per heavy atom. The second-order valence-electron chi connectivity index (χ2n) is 6.39. The Morgan fingerprint density at radius 2 is 2.13 bits per heavy atom. The van der Waals surface area contributed by atoms with Gasteiger partial charge in [-0.05, 0) is 45.6 Å². The normalized spacial score (nSPS) is 14.6. The molecule has 0 unspecified atom stereocenters. The van der Waals surface area contributed by atoms with Gasteiger partial charge in [0, 0.05) is 6.54 Å². The molecular formula is C21H21BrN4O4S. The lowest BCUT2D eigenvalue weighted by Gasteiger charge is -2.13. The average molecular weight is 505 g/mol. The predicted molar refractivity (Wildman–Crippen MR) is 125 cm³/mol. The fraction of sp³-hybridized carbons (Fsp3) is 0.238. The van der Waals surface area contributed by atoms with Crippen LogP contribution in [-0.2, 0) is 16.0 Å². The van der Waals surface area contributed by atoms with Gasteiger partial charge >= 0.3 is 0 Å². The van der Waals surface area contributed by atoms with Crippen LogP contribution in [0.1, 0.15) is 11.1 Å². The fourth-order valence-corrected chi connectivity index (χ4v) is 3.87. The number of ether oxygens (including phenoxy) is 2. The first-order valence-electron chi connectivity index (χ1n) is 9.40. The Labute approximate surface area is 192 Å². The summed E-state index contributed by atoms with van der Waals surface area (Å²) in [5.74, 6) is 0.905. The minimum atomic E-state index is -0.220. The zero-order valence-corrected chi connectivity index (χ0v) is 19.2. The monoisotopic (exact) mass is 504 g/mol. The Balaban J connectivity index is 1.54. The maximum atomic E-state index is 12.1. The predicted octanol–water partition coefficient (Wildman–Crippen LogP) is 2.75. The topological polar surface area (TPSA) is 101 Å². The zero-order valence-electron chi connectivity index (χ0n) is 16.8. The number of hydrogen-bond acceptors (Lipinski definition) is 7. The molecular weight excluding hydrogens is 484 g/mol. The molecule has 3 rings (SSSR count). The lowest BCUT2D eigenvalue weighted by molar-refractivity contribution is -0.123. The van der Waals surface area contributed by atoms with E-state index < -0.39 is 0 Å². The molecule has 8 nitrogen and oxygen atoms in total. The first-order valence-corrected chi connectivity index (χ1v) is 11.2. The van der Waals surface area contributed by atoms with Crippen molar-refractivity contribution in [3.63, 3.8) is 0 Å². The molecule has 0 aromatic heterocycles. The molecule has 1 heterocycles. The van der Waals surface area contributed by atoms with Gasteiger partial charge in [0.05, 0.1) is 23.5 Å². The smallest absolute Gasteiger partial charge is 0.257 e. The number of amides is 2. The van der Waals surface area contributed by atoms with Crippen molar-refractivity contribution in [2.75, 3.05) is 26.0 Å². The Morgan fingerprint density at radius 3 is 2.84 bits per heavy atom. The van der Waals surface area contributed by atoms with Crippen LogP contribution in [0.5, 0.6) is 11.5 Å². The third-order valence-corrected chi connectivity index (χ3v) is 5.57. The molecule has 1 fully saturated rings. The van der Waals surface area contributed by atoms with Crippen molar-refractivity contribution in [1.29, 1.82) is 0 Å². The fourth-order valence-electron chi connectivity index (χ4n) is 2.66. The van der Waals surface area contributed by atoms with Crippen molar-refractivity contribution in [1.82, 2.24) is 10.6 Å². The molecule has 0 aliphatic carbocycles. The molecule has 2 aromatic carbocycles. The number of amidine groups is 1. The van der Waals surface area contributed by atoms with Crippen LogP contribution >= 0.6 is 27.7 Å². The lowest BCUT2D eigenvalue weighted by Crippen LogP contribution is -2.30. The van der Waals surface area contributed by atoms with Gasteiger partial charge in [0.2, 0.25) is 5.91 Å². The summed E-state index contributed by atoms with van der Waals surface area (Å²) < 4.78 is 11.7. The van der Waals surface area contributed by atoms with Crippen molar-refractivity contribution in [2.45, 2.75) is 6.42 Å². The quantitative estimate of drug-likeness (QED) is 0.403. The number of nitrogens with zero attached hydrogens (tertiary/aromatic N) is 2. The molecule has 0 saturated carbocycles. The summed E-state index contributed by atoms with van der Waals surface area (Å²) in [6, 6.07) is 13.4. The van der Waals surface area contributed by atoms with E-state index in [4.69, 9.17) is 9.47 Å². The van der Waals surface area contributed by atoms with Crippen molar-refractivity contribution in [3.05, 3.63) is 58.1 Å². The van der Waals surface area contributed by atoms with E-state index in [1.807, 2.05) is 30.3 Å². The number of nitrogens with one attached hydrogen (secondary N) is 2. The highest BCUT2D eigenvalue weighted by Gasteiger charge is 2.16. The first-order chi connectivity index (χ1) is 15.0. The molecule has 2 aromatic rings. The number of thioether (sulfide) groups is 1. The minimum absolute atomic E-state index is 0.0889. The van der Waals surface area contributed by atoms with Gasteiger partial charge in [-0.25, -0.2) is 0 Å². The lowest BCUT2D eigenvalue weighted by atomic mass is 10.1. The van der Waals surface area contributed by atoms with E-state index >= 15 is 0 Å². The molecule has 31 heavy (non-hydrogen) atoms. The molecule has 10 heteroatoms. The summed E-state index contributed by atoms with van der Waals surface area (Å²) in [7, 11) is 1.51. The van der Waals surface area contributed by atoms with Crippen LogP contribution in [0.15, 0.2) is 57.1 Å². The summed E-state index contributed by atoms with van der Waals surface area (Å²) in [6.45, 7) is 0.392. The van der Waals surface area contributed by atoms with E-state index in [2.05, 4.69) is 36.8 Å². The maximum absolute atomic E-state index is 12.1. The zero-order chi connectivity index (χ0) is 22.1. The van der Waals surface area contributed by atoms with Gasteiger partial charge in [-0.3, -0.25) is 9.59 Å². The van der Waals surface area contributed by atoms with Crippen molar-refractivity contribution >= 4 is 50.9 Å². The average Bonchev–Trinajstić information content (AvgIpc) is 3.18. The number of rotatable bonds is 9. The van der Waals surface area contributed by atoms with Crippen LogP contribution in [0.4, 0.5) is 0 Å².